The Balaban J connectivity index is 1.75. The predicted molar refractivity (Wildman–Crippen MR) is 117 cm³/mol. The highest BCUT2D eigenvalue weighted by Crippen LogP contribution is 2.63. The first-order valence-corrected chi connectivity index (χ1v) is 12.4. The van der Waals surface area contributed by atoms with E-state index in [2.05, 4.69) is 34.6 Å². The molecule has 31 heavy (non-hydrogen) atoms. The van der Waals surface area contributed by atoms with Gasteiger partial charge in [-0.25, -0.2) is 0 Å². The van der Waals surface area contributed by atoms with Crippen LogP contribution in [0.1, 0.15) is 73.1 Å². The number of hydrogen-bond donors (Lipinski definition) is 5. The van der Waals surface area contributed by atoms with E-state index in [0.29, 0.717) is 23.7 Å². The van der Waals surface area contributed by atoms with E-state index in [4.69, 9.17) is 4.74 Å². The number of aliphatic hydroxyl groups excluding tert-OH is 4. The lowest BCUT2D eigenvalue weighted by atomic mass is 9.45. The highest BCUT2D eigenvalue weighted by atomic mass is 16.6. The van der Waals surface area contributed by atoms with E-state index in [1.54, 1.807) is 0 Å². The smallest absolute Gasteiger partial charge is 0.197 e. The van der Waals surface area contributed by atoms with Crippen molar-refractivity contribution in [3.05, 3.63) is 0 Å². The minimum atomic E-state index is -1.88. The van der Waals surface area contributed by atoms with Crippen LogP contribution < -0.4 is 0 Å². The molecule has 5 N–H and O–H groups in total. The second kappa shape index (κ2) is 7.92. The summed E-state index contributed by atoms with van der Waals surface area (Å²) in [5.74, 6) is -0.564. The Bertz CT molecular complexity index is 668. The average Bonchev–Trinajstić information content (AvgIpc) is 2.70. The van der Waals surface area contributed by atoms with Gasteiger partial charge < -0.3 is 30.3 Å². The number of ether oxygens (including phenoxy) is 1. The number of hydrogen-bond acceptors (Lipinski definition) is 6. The normalized spacial score (nSPS) is 57.5. The molecule has 0 radical (unpaired) electrons. The SMILES string of the molecule is C[C@@H]1CCC(O)[C@@]2(C)CC[C@H]3[C@H](C)CC(C4(O)OC[C@@H](O)[C@H](O)[C@H]4O)[C@H](C[C@H]12)C3(C)C. The Morgan fingerprint density at radius 3 is 2.13 bits per heavy atom. The van der Waals surface area contributed by atoms with Gasteiger partial charge in [0.15, 0.2) is 5.79 Å². The molecule has 1 aliphatic heterocycles. The summed E-state index contributed by atoms with van der Waals surface area (Å²) in [5.41, 5.74) is -0.220. The first kappa shape index (κ1) is 23.9. The molecule has 6 heteroatoms. The molecule has 0 aromatic heterocycles. The largest absolute Gasteiger partial charge is 0.393 e. The van der Waals surface area contributed by atoms with E-state index in [1.165, 1.54) is 0 Å². The van der Waals surface area contributed by atoms with E-state index < -0.39 is 24.1 Å². The molecular weight excluding hydrogens is 396 g/mol. The summed E-state index contributed by atoms with van der Waals surface area (Å²) in [6.45, 7) is 11.2. The lowest BCUT2D eigenvalue weighted by Gasteiger charge is -2.62. The molecule has 6 nitrogen and oxygen atoms in total. The molecule has 4 fully saturated rings. The summed E-state index contributed by atoms with van der Waals surface area (Å²) >= 11 is 0. The first-order valence-electron chi connectivity index (χ1n) is 12.4. The first-order chi connectivity index (χ1) is 14.3. The maximum atomic E-state index is 11.7. The highest BCUT2D eigenvalue weighted by molar-refractivity contribution is 5.09. The lowest BCUT2D eigenvalue weighted by molar-refractivity contribution is -0.360. The van der Waals surface area contributed by atoms with E-state index in [9.17, 15) is 25.5 Å². The number of aliphatic hydroxyl groups is 5. The maximum absolute atomic E-state index is 11.7. The molecule has 4 rings (SSSR count). The fourth-order valence-corrected chi connectivity index (χ4v) is 8.46. The molecule has 3 saturated carbocycles. The summed E-state index contributed by atoms with van der Waals surface area (Å²) in [7, 11) is 0. The van der Waals surface area contributed by atoms with Gasteiger partial charge in [-0.3, -0.25) is 0 Å². The summed E-state index contributed by atoms with van der Waals surface area (Å²) in [5, 5.41) is 53.9. The molecule has 0 aromatic carbocycles. The van der Waals surface area contributed by atoms with Gasteiger partial charge in [0, 0.05) is 5.92 Å². The van der Waals surface area contributed by atoms with Crippen LogP contribution in [0.5, 0.6) is 0 Å². The van der Waals surface area contributed by atoms with Crippen molar-refractivity contribution in [2.24, 2.45) is 46.3 Å². The van der Waals surface area contributed by atoms with Crippen molar-refractivity contribution in [1.82, 2.24) is 0 Å². The molecule has 3 aliphatic carbocycles. The highest BCUT2D eigenvalue weighted by Gasteiger charge is 2.63. The molecule has 0 amide bonds. The van der Waals surface area contributed by atoms with E-state index in [-0.39, 0.29) is 35.4 Å². The van der Waals surface area contributed by atoms with Gasteiger partial charge in [-0.05, 0) is 78.9 Å². The Morgan fingerprint density at radius 1 is 0.774 bits per heavy atom. The summed E-state index contributed by atoms with van der Waals surface area (Å²) in [4.78, 5) is 0. The third-order valence-electron chi connectivity index (χ3n) is 10.6. The molecule has 2 bridgehead atoms. The second-order valence-electron chi connectivity index (χ2n) is 12.4. The van der Waals surface area contributed by atoms with Crippen molar-refractivity contribution in [2.75, 3.05) is 6.61 Å². The van der Waals surface area contributed by atoms with Crippen LogP contribution in [0.4, 0.5) is 0 Å². The molecule has 1 heterocycles. The summed E-state index contributed by atoms with van der Waals surface area (Å²) in [6.07, 6.45) is 1.03. The average molecular weight is 441 g/mol. The van der Waals surface area contributed by atoms with Crippen LogP contribution in [0, 0.1) is 46.3 Å². The maximum Gasteiger partial charge on any atom is 0.197 e. The van der Waals surface area contributed by atoms with Gasteiger partial charge in [-0.1, -0.05) is 34.6 Å². The van der Waals surface area contributed by atoms with Crippen molar-refractivity contribution in [3.63, 3.8) is 0 Å². The zero-order chi connectivity index (χ0) is 22.9. The van der Waals surface area contributed by atoms with E-state index in [0.717, 1.165) is 38.5 Å². The molecule has 4 aliphatic rings. The van der Waals surface area contributed by atoms with Gasteiger partial charge in [0.1, 0.15) is 18.3 Å². The van der Waals surface area contributed by atoms with Crippen molar-refractivity contribution in [2.45, 2.75) is 103 Å². The molecule has 12 atom stereocenters. The van der Waals surface area contributed by atoms with Gasteiger partial charge in [0.05, 0.1) is 12.7 Å². The molecule has 0 aromatic rings. The van der Waals surface area contributed by atoms with Crippen LogP contribution in [-0.4, -0.2) is 62.3 Å². The lowest BCUT2D eigenvalue weighted by Crippen LogP contribution is -2.68. The van der Waals surface area contributed by atoms with Gasteiger partial charge in [-0.2, -0.15) is 0 Å². The van der Waals surface area contributed by atoms with Crippen molar-refractivity contribution >= 4 is 0 Å². The number of fused-ring (bicyclic) bond motifs is 3. The summed E-state index contributed by atoms with van der Waals surface area (Å²) in [6, 6.07) is 0. The fourth-order valence-electron chi connectivity index (χ4n) is 8.46. The predicted octanol–water partition coefficient (Wildman–Crippen LogP) is 2.30. The standard InChI is InChI=1S/C25H44O6/c1-13-6-7-20(27)24(5)9-8-15-14(2)10-18(17(11-16(13)24)23(15,3)4)25(30)22(29)21(28)19(26)12-31-25/h13-22,26-30H,6-12H2,1-5H3/t13-,14-,15+,16-,17+,18?,19-,20?,21+,22-,24+,25?/m1/s1. The van der Waals surface area contributed by atoms with E-state index >= 15 is 0 Å². The summed E-state index contributed by atoms with van der Waals surface area (Å²) < 4.78 is 5.76. The van der Waals surface area contributed by atoms with Crippen LogP contribution in [0.25, 0.3) is 0 Å². The van der Waals surface area contributed by atoms with Crippen LogP contribution in [0.15, 0.2) is 0 Å². The Hall–Kier alpha value is -0.240. The quantitative estimate of drug-likeness (QED) is 0.428. The van der Waals surface area contributed by atoms with Crippen LogP contribution in [0.2, 0.25) is 0 Å². The second-order valence-corrected chi connectivity index (χ2v) is 12.4. The van der Waals surface area contributed by atoms with Crippen molar-refractivity contribution in [3.8, 4) is 0 Å². The molecular formula is C25H44O6. The Labute approximate surface area is 187 Å². The topological polar surface area (TPSA) is 110 Å². The monoisotopic (exact) mass is 440 g/mol. The van der Waals surface area contributed by atoms with Gasteiger partial charge in [0.2, 0.25) is 0 Å². The van der Waals surface area contributed by atoms with Crippen molar-refractivity contribution < 1.29 is 30.3 Å². The van der Waals surface area contributed by atoms with Crippen LogP contribution in [-0.2, 0) is 4.74 Å². The zero-order valence-electron chi connectivity index (χ0n) is 19.9. The third kappa shape index (κ3) is 3.52. The molecule has 3 unspecified atom stereocenters. The minimum absolute atomic E-state index is 0.0770. The van der Waals surface area contributed by atoms with Gasteiger partial charge in [-0.15, -0.1) is 0 Å². The van der Waals surface area contributed by atoms with Gasteiger partial charge in [0.25, 0.3) is 0 Å². The molecule has 0 spiro atoms. The van der Waals surface area contributed by atoms with Crippen molar-refractivity contribution in [1.29, 1.82) is 0 Å². The number of rotatable bonds is 1. The fraction of sp³-hybridized carbons (Fsp3) is 1.00. The van der Waals surface area contributed by atoms with Crippen LogP contribution in [0.3, 0.4) is 0 Å². The Morgan fingerprint density at radius 2 is 1.45 bits per heavy atom. The Kier molecular flexibility index (Phi) is 6.10. The van der Waals surface area contributed by atoms with Crippen LogP contribution >= 0.6 is 0 Å². The minimum Gasteiger partial charge on any atom is -0.393 e. The zero-order valence-corrected chi connectivity index (χ0v) is 19.9. The van der Waals surface area contributed by atoms with Gasteiger partial charge >= 0.3 is 0 Å². The molecule has 1 saturated heterocycles. The molecule has 180 valence electrons. The third-order valence-corrected chi connectivity index (χ3v) is 10.6. The van der Waals surface area contributed by atoms with E-state index in [1.807, 2.05) is 0 Å².